The van der Waals surface area contributed by atoms with Crippen LogP contribution in [0, 0.1) is 5.41 Å². The summed E-state index contributed by atoms with van der Waals surface area (Å²) in [6.07, 6.45) is -0.467. The second-order valence-electron chi connectivity index (χ2n) is 5.58. The minimum absolute atomic E-state index is 0.154. The van der Waals surface area contributed by atoms with Crippen molar-refractivity contribution in [3.05, 3.63) is 24.3 Å². The van der Waals surface area contributed by atoms with E-state index in [1.165, 1.54) is 0 Å². The predicted octanol–water partition coefficient (Wildman–Crippen LogP) is 2.54. The molecule has 1 atom stereocenters. The molecular formula is C14H23NO2. The normalized spacial score (nSPS) is 13.3. The highest BCUT2D eigenvalue weighted by atomic mass is 16.5. The molecule has 0 aromatic heterocycles. The molecule has 17 heavy (non-hydrogen) atoms. The highest BCUT2D eigenvalue weighted by molar-refractivity contribution is 5.49. The monoisotopic (exact) mass is 237 g/mol. The summed E-state index contributed by atoms with van der Waals surface area (Å²) in [6, 6.07) is 7.85. The largest absolute Gasteiger partial charge is 0.491 e. The maximum atomic E-state index is 9.89. The number of aliphatic hydroxyl groups excluding tert-OH is 1. The van der Waals surface area contributed by atoms with Crippen molar-refractivity contribution in [1.82, 2.24) is 0 Å². The first kappa shape index (κ1) is 13.8. The van der Waals surface area contributed by atoms with E-state index in [1.807, 2.05) is 64.0 Å². The van der Waals surface area contributed by atoms with Crippen LogP contribution in [0.3, 0.4) is 0 Å². The molecule has 0 heterocycles. The summed E-state index contributed by atoms with van der Waals surface area (Å²) in [7, 11) is 3.98. The highest BCUT2D eigenvalue weighted by Crippen LogP contribution is 2.22. The van der Waals surface area contributed by atoms with Crippen LogP contribution in [0.4, 0.5) is 5.69 Å². The van der Waals surface area contributed by atoms with E-state index in [9.17, 15) is 5.11 Å². The molecule has 1 aromatic rings. The van der Waals surface area contributed by atoms with Crippen LogP contribution in [0.2, 0.25) is 0 Å². The predicted molar refractivity (Wildman–Crippen MR) is 71.7 cm³/mol. The molecular weight excluding hydrogens is 214 g/mol. The van der Waals surface area contributed by atoms with Crippen molar-refractivity contribution in [2.24, 2.45) is 5.41 Å². The minimum atomic E-state index is -0.467. The lowest BCUT2D eigenvalue weighted by Gasteiger charge is -2.25. The number of hydrogen-bond donors (Lipinski definition) is 1. The third-order valence-electron chi connectivity index (χ3n) is 2.74. The molecule has 0 bridgehead atoms. The molecule has 0 spiro atoms. The van der Waals surface area contributed by atoms with Crippen molar-refractivity contribution in [2.75, 3.05) is 25.6 Å². The zero-order valence-corrected chi connectivity index (χ0v) is 11.4. The van der Waals surface area contributed by atoms with Crippen LogP contribution in [0.1, 0.15) is 20.8 Å². The summed E-state index contributed by atoms with van der Waals surface area (Å²) in [4.78, 5) is 2.02. The van der Waals surface area contributed by atoms with Crippen LogP contribution in [0.5, 0.6) is 5.75 Å². The van der Waals surface area contributed by atoms with Crippen molar-refractivity contribution < 1.29 is 9.84 Å². The van der Waals surface area contributed by atoms with E-state index >= 15 is 0 Å². The first-order valence-corrected chi connectivity index (χ1v) is 5.89. The van der Waals surface area contributed by atoms with E-state index in [4.69, 9.17) is 4.74 Å². The Balaban J connectivity index is 2.61. The summed E-state index contributed by atoms with van der Waals surface area (Å²) in [6.45, 7) is 6.31. The fourth-order valence-corrected chi connectivity index (χ4v) is 1.28. The maximum absolute atomic E-state index is 9.89. The fraction of sp³-hybridized carbons (Fsp3) is 0.571. The molecule has 0 aliphatic rings. The molecule has 3 heteroatoms. The molecule has 3 nitrogen and oxygen atoms in total. The van der Waals surface area contributed by atoms with Gasteiger partial charge in [-0.1, -0.05) is 26.8 Å². The summed E-state index contributed by atoms with van der Waals surface area (Å²) in [5.74, 6) is 0.791. The van der Waals surface area contributed by atoms with E-state index in [-0.39, 0.29) is 5.41 Å². The van der Waals surface area contributed by atoms with Crippen LogP contribution >= 0.6 is 0 Å². The summed E-state index contributed by atoms with van der Waals surface area (Å²) in [5.41, 5.74) is 0.937. The van der Waals surface area contributed by atoms with Gasteiger partial charge in [-0.15, -0.1) is 0 Å². The molecule has 1 aromatic carbocycles. The lowest BCUT2D eigenvalue weighted by molar-refractivity contribution is 0.0218. The number of aliphatic hydroxyl groups is 1. The van der Waals surface area contributed by atoms with Crippen molar-refractivity contribution in [3.8, 4) is 5.75 Å². The molecule has 1 unspecified atom stereocenters. The van der Waals surface area contributed by atoms with Gasteiger partial charge in [-0.3, -0.25) is 0 Å². The van der Waals surface area contributed by atoms with E-state index in [1.54, 1.807) is 0 Å². The van der Waals surface area contributed by atoms with Gasteiger partial charge in [-0.2, -0.15) is 0 Å². The Morgan fingerprint density at radius 1 is 1.29 bits per heavy atom. The average molecular weight is 237 g/mol. The smallest absolute Gasteiger partial charge is 0.121 e. The van der Waals surface area contributed by atoms with Crippen LogP contribution < -0.4 is 9.64 Å². The molecule has 0 aliphatic heterocycles. The summed E-state index contributed by atoms with van der Waals surface area (Å²) in [5, 5.41) is 9.89. The van der Waals surface area contributed by atoms with Crippen molar-refractivity contribution in [2.45, 2.75) is 26.9 Å². The van der Waals surface area contributed by atoms with Gasteiger partial charge in [0, 0.05) is 25.8 Å². The van der Waals surface area contributed by atoms with E-state index in [2.05, 4.69) is 0 Å². The number of nitrogens with zero attached hydrogens (tertiary/aromatic N) is 1. The van der Waals surface area contributed by atoms with Gasteiger partial charge in [0.2, 0.25) is 0 Å². The zero-order valence-electron chi connectivity index (χ0n) is 11.4. The third kappa shape index (κ3) is 4.27. The van der Waals surface area contributed by atoms with E-state index in [0.717, 1.165) is 11.4 Å². The number of hydrogen-bond acceptors (Lipinski definition) is 3. The van der Waals surface area contributed by atoms with E-state index in [0.29, 0.717) is 6.61 Å². The number of anilines is 1. The third-order valence-corrected chi connectivity index (χ3v) is 2.74. The van der Waals surface area contributed by atoms with Crippen LogP contribution in [-0.4, -0.2) is 31.9 Å². The van der Waals surface area contributed by atoms with Gasteiger partial charge >= 0.3 is 0 Å². The maximum Gasteiger partial charge on any atom is 0.121 e. The summed E-state index contributed by atoms with van der Waals surface area (Å²) >= 11 is 0. The number of benzene rings is 1. The SMILES string of the molecule is CN(C)c1cccc(OCC(O)C(C)(C)C)c1. The Hall–Kier alpha value is -1.22. The van der Waals surface area contributed by atoms with Crippen LogP contribution in [-0.2, 0) is 0 Å². The quantitative estimate of drug-likeness (QED) is 0.873. The van der Waals surface area contributed by atoms with Gasteiger partial charge in [0.1, 0.15) is 12.4 Å². The van der Waals surface area contributed by atoms with Crippen LogP contribution in [0.15, 0.2) is 24.3 Å². The average Bonchev–Trinajstić information content (AvgIpc) is 2.25. The van der Waals surface area contributed by atoms with Gasteiger partial charge in [-0.25, -0.2) is 0 Å². The molecule has 0 aliphatic carbocycles. The van der Waals surface area contributed by atoms with Crippen molar-refractivity contribution in [3.63, 3.8) is 0 Å². The number of ether oxygens (including phenoxy) is 1. The lowest BCUT2D eigenvalue weighted by atomic mass is 9.90. The van der Waals surface area contributed by atoms with Gasteiger partial charge < -0.3 is 14.7 Å². The summed E-state index contributed by atoms with van der Waals surface area (Å²) < 4.78 is 5.61. The second-order valence-corrected chi connectivity index (χ2v) is 5.58. The molecule has 0 saturated carbocycles. The van der Waals surface area contributed by atoms with Gasteiger partial charge in [-0.05, 0) is 17.5 Å². The van der Waals surface area contributed by atoms with E-state index < -0.39 is 6.10 Å². The molecule has 0 fully saturated rings. The highest BCUT2D eigenvalue weighted by Gasteiger charge is 2.22. The Labute approximate surface area is 104 Å². The Bertz CT molecular complexity index is 355. The topological polar surface area (TPSA) is 32.7 Å². The molecule has 0 saturated heterocycles. The molecule has 0 radical (unpaired) electrons. The zero-order chi connectivity index (χ0) is 13.1. The fourth-order valence-electron chi connectivity index (χ4n) is 1.28. The molecule has 1 rings (SSSR count). The number of rotatable bonds is 4. The van der Waals surface area contributed by atoms with Crippen LogP contribution in [0.25, 0.3) is 0 Å². The molecule has 1 N–H and O–H groups in total. The van der Waals surface area contributed by atoms with Gasteiger partial charge in [0.05, 0.1) is 6.10 Å². The van der Waals surface area contributed by atoms with Gasteiger partial charge in [0.25, 0.3) is 0 Å². The lowest BCUT2D eigenvalue weighted by Crippen LogP contribution is -2.31. The first-order valence-electron chi connectivity index (χ1n) is 5.89. The molecule has 0 amide bonds. The van der Waals surface area contributed by atoms with Crippen molar-refractivity contribution in [1.29, 1.82) is 0 Å². The Morgan fingerprint density at radius 3 is 2.47 bits per heavy atom. The standard InChI is InChI=1S/C14H23NO2/c1-14(2,3)13(16)10-17-12-8-6-7-11(9-12)15(4)5/h6-9,13,16H,10H2,1-5H3. The van der Waals surface area contributed by atoms with Crippen molar-refractivity contribution >= 4 is 5.69 Å². The Morgan fingerprint density at radius 2 is 1.94 bits per heavy atom. The molecule has 96 valence electrons. The van der Waals surface area contributed by atoms with Gasteiger partial charge in [0.15, 0.2) is 0 Å². The second kappa shape index (κ2) is 5.41. The Kier molecular flexibility index (Phi) is 4.40. The first-order chi connectivity index (χ1) is 7.80. The minimum Gasteiger partial charge on any atom is -0.491 e.